The average molecular weight is 441 g/mol. The number of carbonyl (C=O) groups excluding carboxylic acids is 1. The van der Waals surface area contributed by atoms with Gasteiger partial charge in [0.15, 0.2) is 6.10 Å². The van der Waals surface area contributed by atoms with Crippen molar-refractivity contribution in [3.8, 4) is 0 Å². The zero-order valence-corrected chi connectivity index (χ0v) is 17.2. The molecule has 1 aliphatic rings. The molecule has 0 aliphatic carbocycles. The normalized spacial score (nSPS) is 15.3. The van der Waals surface area contributed by atoms with Crippen molar-refractivity contribution in [3.05, 3.63) is 106 Å². The van der Waals surface area contributed by atoms with Gasteiger partial charge in [0, 0.05) is 23.6 Å². The predicted molar refractivity (Wildman–Crippen MR) is 115 cm³/mol. The molecule has 1 heterocycles. The van der Waals surface area contributed by atoms with Crippen LogP contribution in [0.3, 0.4) is 0 Å². The van der Waals surface area contributed by atoms with E-state index in [1.165, 1.54) is 35.2 Å². The van der Waals surface area contributed by atoms with E-state index >= 15 is 0 Å². The smallest absolute Gasteiger partial charge is 0.254 e. The molecule has 3 aromatic rings. The second-order valence-electron chi connectivity index (χ2n) is 7.30. The minimum atomic E-state index is -0.498. The van der Waals surface area contributed by atoms with Crippen LogP contribution >= 0.6 is 11.6 Å². The van der Waals surface area contributed by atoms with Crippen molar-refractivity contribution in [3.63, 3.8) is 0 Å². The van der Waals surface area contributed by atoms with Gasteiger partial charge >= 0.3 is 0 Å². The molecule has 0 saturated heterocycles. The van der Waals surface area contributed by atoms with Crippen LogP contribution in [0, 0.1) is 11.6 Å². The molecule has 4 rings (SSSR count). The molecule has 1 amide bonds. The number of hydrogen-bond donors (Lipinski definition) is 0. The van der Waals surface area contributed by atoms with Gasteiger partial charge in [0.2, 0.25) is 0 Å². The third kappa shape index (κ3) is 5.27. The molecule has 0 radical (unpaired) electrons. The molecule has 0 spiro atoms. The van der Waals surface area contributed by atoms with Crippen molar-refractivity contribution in [1.29, 1.82) is 0 Å². The molecule has 1 atom stereocenters. The second kappa shape index (κ2) is 9.27. The van der Waals surface area contributed by atoms with Crippen LogP contribution in [0.1, 0.15) is 27.9 Å². The number of amides is 1. The number of hydrogen-bond acceptors (Lipinski definition) is 3. The highest BCUT2D eigenvalue weighted by Crippen LogP contribution is 2.21. The fraction of sp³-hybridized carbons (Fsp3) is 0.167. The summed E-state index contributed by atoms with van der Waals surface area (Å²) in [5.74, 6) is -1.25. The van der Waals surface area contributed by atoms with Crippen molar-refractivity contribution in [2.24, 2.45) is 5.16 Å². The number of nitrogens with zero attached hydrogens (tertiary/aromatic N) is 2. The summed E-state index contributed by atoms with van der Waals surface area (Å²) >= 11 is 5.94. The van der Waals surface area contributed by atoms with Crippen LogP contribution in [0.25, 0.3) is 0 Å². The maximum absolute atomic E-state index is 13.7. The van der Waals surface area contributed by atoms with E-state index < -0.39 is 5.82 Å². The minimum absolute atomic E-state index is 0.156. The van der Waals surface area contributed by atoms with Gasteiger partial charge in [0.05, 0.1) is 12.3 Å². The summed E-state index contributed by atoms with van der Waals surface area (Å²) in [4.78, 5) is 20.2. The molecule has 1 aliphatic heterocycles. The predicted octanol–water partition coefficient (Wildman–Crippen LogP) is 5.45. The van der Waals surface area contributed by atoms with E-state index in [2.05, 4.69) is 5.16 Å². The van der Waals surface area contributed by atoms with Gasteiger partial charge in [-0.2, -0.15) is 0 Å². The van der Waals surface area contributed by atoms with Gasteiger partial charge in [-0.15, -0.1) is 0 Å². The molecule has 158 valence electrons. The summed E-state index contributed by atoms with van der Waals surface area (Å²) in [5.41, 5.74) is 2.49. The zero-order chi connectivity index (χ0) is 21.8. The molecule has 0 unspecified atom stereocenters. The van der Waals surface area contributed by atoms with E-state index in [-0.39, 0.29) is 36.5 Å². The monoisotopic (exact) mass is 440 g/mol. The Balaban J connectivity index is 1.52. The molecule has 0 fully saturated rings. The number of carbonyl (C=O) groups is 1. The maximum Gasteiger partial charge on any atom is 0.254 e. The van der Waals surface area contributed by atoms with Crippen LogP contribution in [0.4, 0.5) is 8.78 Å². The Morgan fingerprint density at radius 2 is 1.74 bits per heavy atom. The topological polar surface area (TPSA) is 41.9 Å². The van der Waals surface area contributed by atoms with Gasteiger partial charge in [-0.05, 0) is 53.6 Å². The van der Waals surface area contributed by atoms with Crippen LogP contribution in [0.15, 0.2) is 78.0 Å². The Kier molecular flexibility index (Phi) is 6.28. The minimum Gasteiger partial charge on any atom is -0.390 e. The molecular weight excluding hydrogens is 422 g/mol. The second-order valence-corrected chi connectivity index (χ2v) is 7.74. The third-order valence-electron chi connectivity index (χ3n) is 4.96. The van der Waals surface area contributed by atoms with Crippen molar-refractivity contribution >= 4 is 23.2 Å². The van der Waals surface area contributed by atoms with Gasteiger partial charge in [-0.25, -0.2) is 8.78 Å². The van der Waals surface area contributed by atoms with Gasteiger partial charge in [-0.1, -0.05) is 47.1 Å². The Bertz CT molecular complexity index is 1120. The molecular formula is C24H19ClF2N2O2. The van der Waals surface area contributed by atoms with Gasteiger partial charge < -0.3 is 9.74 Å². The van der Waals surface area contributed by atoms with Crippen molar-refractivity contribution < 1.29 is 18.4 Å². The summed E-state index contributed by atoms with van der Waals surface area (Å²) in [5, 5.41) is 4.78. The first-order chi connectivity index (χ1) is 15.0. The fourth-order valence-corrected chi connectivity index (χ4v) is 3.59. The zero-order valence-electron chi connectivity index (χ0n) is 16.5. The lowest BCUT2D eigenvalue weighted by Crippen LogP contribution is -2.37. The van der Waals surface area contributed by atoms with Crippen LogP contribution in [0.5, 0.6) is 0 Å². The molecule has 31 heavy (non-hydrogen) atoms. The lowest BCUT2D eigenvalue weighted by Gasteiger charge is -2.25. The van der Waals surface area contributed by atoms with Crippen LogP contribution in [-0.4, -0.2) is 29.2 Å². The lowest BCUT2D eigenvalue weighted by molar-refractivity contribution is 0.0404. The molecule has 0 N–H and O–H groups in total. The standard InChI is InChI=1S/C24H19ClF2N2O2/c25-19-9-7-17(8-10-19)23-13-22(31-28-23)15-29(14-16-3-1-5-20(26)11-16)24(30)18-4-2-6-21(27)12-18/h1-12,22H,13-15H2/t22-/m0/s1. The Morgan fingerprint density at radius 1 is 1.03 bits per heavy atom. The van der Waals surface area contributed by atoms with E-state index in [9.17, 15) is 13.6 Å². The third-order valence-corrected chi connectivity index (χ3v) is 5.21. The maximum atomic E-state index is 13.7. The Morgan fingerprint density at radius 3 is 2.45 bits per heavy atom. The highest BCUT2D eigenvalue weighted by molar-refractivity contribution is 6.30. The Hall–Kier alpha value is -3.25. The number of halogens is 3. The molecule has 3 aromatic carbocycles. The summed E-state index contributed by atoms with van der Waals surface area (Å²) < 4.78 is 27.3. The largest absolute Gasteiger partial charge is 0.390 e. The molecule has 0 aromatic heterocycles. The summed E-state index contributed by atoms with van der Waals surface area (Å²) in [6.07, 6.45) is 0.120. The summed E-state index contributed by atoms with van der Waals surface area (Å²) in [7, 11) is 0. The number of benzene rings is 3. The lowest BCUT2D eigenvalue weighted by atomic mass is 10.0. The van der Waals surface area contributed by atoms with E-state index in [4.69, 9.17) is 16.4 Å². The molecule has 7 heteroatoms. The first kappa shape index (κ1) is 21.0. The highest BCUT2D eigenvalue weighted by Gasteiger charge is 2.27. The summed E-state index contributed by atoms with van der Waals surface area (Å²) in [6, 6.07) is 18.8. The quantitative estimate of drug-likeness (QED) is 0.511. The van der Waals surface area contributed by atoms with Gasteiger partial charge in [0.1, 0.15) is 11.6 Å². The molecule has 0 saturated carbocycles. The van der Waals surface area contributed by atoms with Crippen molar-refractivity contribution in [2.75, 3.05) is 6.54 Å². The van der Waals surface area contributed by atoms with Gasteiger partial charge in [-0.3, -0.25) is 4.79 Å². The first-order valence-corrected chi connectivity index (χ1v) is 10.1. The van der Waals surface area contributed by atoms with Gasteiger partial charge in [0.25, 0.3) is 5.91 Å². The summed E-state index contributed by atoms with van der Waals surface area (Å²) in [6.45, 7) is 0.371. The number of rotatable bonds is 6. The fourth-order valence-electron chi connectivity index (χ4n) is 3.46. The Labute approximate surface area is 183 Å². The number of oxime groups is 1. The molecule has 0 bridgehead atoms. The van der Waals surface area contributed by atoms with E-state index in [0.717, 1.165) is 11.3 Å². The van der Waals surface area contributed by atoms with E-state index in [1.54, 1.807) is 30.3 Å². The van der Waals surface area contributed by atoms with Crippen LogP contribution in [-0.2, 0) is 11.4 Å². The SMILES string of the molecule is O=C(c1cccc(F)c1)N(Cc1cccc(F)c1)C[C@@H]1CC(c2ccc(Cl)cc2)=NO1. The highest BCUT2D eigenvalue weighted by atomic mass is 35.5. The molecule has 4 nitrogen and oxygen atoms in total. The van der Waals surface area contributed by atoms with E-state index in [0.29, 0.717) is 17.0 Å². The van der Waals surface area contributed by atoms with Crippen molar-refractivity contribution in [2.45, 2.75) is 19.1 Å². The first-order valence-electron chi connectivity index (χ1n) is 9.76. The average Bonchev–Trinajstić information content (AvgIpc) is 3.22. The van der Waals surface area contributed by atoms with E-state index in [1.807, 2.05) is 12.1 Å². The van der Waals surface area contributed by atoms with Crippen LogP contribution in [0.2, 0.25) is 5.02 Å². The van der Waals surface area contributed by atoms with Crippen molar-refractivity contribution in [1.82, 2.24) is 4.90 Å². The van der Waals surface area contributed by atoms with Crippen LogP contribution < -0.4 is 0 Å².